The minimum Gasteiger partial charge on any atom is -0.392 e. The Labute approximate surface area is 113 Å². The zero-order valence-corrected chi connectivity index (χ0v) is 11.5. The van der Waals surface area contributed by atoms with Crippen molar-refractivity contribution in [1.29, 1.82) is 0 Å². The lowest BCUT2D eigenvalue weighted by atomic mass is 9.74. The van der Waals surface area contributed by atoms with Gasteiger partial charge in [0.25, 0.3) is 0 Å². The highest BCUT2D eigenvalue weighted by Crippen LogP contribution is 2.43. The number of nitrogens with two attached hydrogens (primary N) is 1. The molecule has 1 heterocycles. The van der Waals surface area contributed by atoms with Crippen LogP contribution in [0.25, 0.3) is 0 Å². The smallest absolute Gasteiger partial charge is 0.0651 e. The van der Waals surface area contributed by atoms with Crippen LogP contribution in [0, 0.1) is 11.3 Å². The van der Waals surface area contributed by atoms with Gasteiger partial charge in [0, 0.05) is 12.0 Å². The molecule has 0 aromatic heterocycles. The summed E-state index contributed by atoms with van der Waals surface area (Å²) in [5.74, 6) is 2.72. The van der Waals surface area contributed by atoms with Gasteiger partial charge >= 0.3 is 0 Å². The lowest BCUT2D eigenvalue weighted by Gasteiger charge is -2.36. The summed E-state index contributed by atoms with van der Waals surface area (Å²) in [4.78, 5) is 0. The maximum absolute atomic E-state index is 10.8. The Bertz CT molecular complexity index is 403. The van der Waals surface area contributed by atoms with Gasteiger partial charge in [-0.1, -0.05) is 24.3 Å². The molecule has 1 aromatic rings. The average Bonchev–Trinajstić information content (AvgIpc) is 3.05. The molecule has 98 valence electrons. The van der Waals surface area contributed by atoms with Crippen molar-refractivity contribution >= 4 is 11.8 Å². The van der Waals surface area contributed by atoms with Gasteiger partial charge in [-0.3, -0.25) is 0 Å². The molecule has 1 aromatic carbocycles. The van der Waals surface area contributed by atoms with E-state index in [1.807, 2.05) is 11.8 Å². The largest absolute Gasteiger partial charge is 0.392 e. The number of aliphatic hydroxyl groups is 1. The zero-order valence-electron chi connectivity index (χ0n) is 10.6. The van der Waals surface area contributed by atoms with Gasteiger partial charge in [0.2, 0.25) is 0 Å². The van der Waals surface area contributed by atoms with Crippen molar-refractivity contribution in [1.82, 2.24) is 0 Å². The van der Waals surface area contributed by atoms with Gasteiger partial charge < -0.3 is 10.8 Å². The first-order chi connectivity index (χ1) is 8.75. The van der Waals surface area contributed by atoms with Crippen molar-refractivity contribution in [2.75, 3.05) is 18.1 Å². The van der Waals surface area contributed by atoms with Crippen LogP contribution in [-0.2, 0) is 12.8 Å². The lowest BCUT2D eigenvalue weighted by molar-refractivity contribution is -0.00137. The van der Waals surface area contributed by atoms with Gasteiger partial charge in [-0.05, 0) is 47.8 Å². The normalized spacial score (nSPS) is 27.1. The van der Waals surface area contributed by atoms with Gasteiger partial charge in [0.1, 0.15) is 0 Å². The van der Waals surface area contributed by atoms with E-state index in [9.17, 15) is 5.11 Å². The molecule has 0 spiro atoms. The average molecular weight is 263 g/mol. The number of aliphatic hydroxyl groups excluding tert-OH is 1. The summed E-state index contributed by atoms with van der Waals surface area (Å²) in [5, 5.41) is 10.8. The molecule has 0 amide bonds. The first-order valence-electron chi connectivity index (χ1n) is 6.78. The molecular weight excluding hydrogens is 242 g/mol. The number of benzene rings is 1. The van der Waals surface area contributed by atoms with Crippen LogP contribution in [0.15, 0.2) is 24.3 Å². The number of fused-ring (bicyclic) bond motifs is 1. The molecule has 3 N–H and O–H groups in total. The third-order valence-electron chi connectivity index (χ3n) is 4.65. The minimum absolute atomic E-state index is 0.112. The Kier molecular flexibility index (Phi) is 3.39. The summed E-state index contributed by atoms with van der Waals surface area (Å²) < 4.78 is 0. The van der Waals surface area contributed by atoms with E-state index in [1.165, 1.54) is 16.9 Å². The van der Waals surface area contributed by atoms with Crippen LogP contribution in [0.4, 0.5) is 0 Å². The third-order valence-corrected chi connectivity index (χ3v) is 5.84. The van der Waals surface area contributed by atoms with Crippen LogP contribution in [0.2, 0.25) is 0 Å². The van der Waals surface area contributed by atoms with E-state index in [-0.39, 0.29) is 11.5 Å². The van der Waals surface area contributed by atoms with Gasteiger partial charge in [-0.15, -0.1) is 0 Å². The van der Waals surface area contributed by atoms with Gasteiger partial charge in [0.05, 0.1) is 6.10 Å². The molecule has 1 aliphatic carbocycles. The molecule has 1 fully saturated rings. The molecule has 1 aliphatic heterocycles. The molecule has 2 aliphatic rings. The maximum atomic E-state index is 10.8. The van der Waals surface area contributed by atoms with Crippen LogP contribution < -0.4 is 5.73 Å². The second kappa shape index (κ2) is 4.87. The Morgan fingerprint density at radius 2 is 2.00 bits per heavy atom. The maximum Gasteiger partial charge on any atom is 0.0651 e. The standard InChI is InChI=1S/C15H21NOS/c16-10-15(14(17)13-5-6-18-9-13)7-11-3-1-2-4-12(11)8-15/h1-4,13-14,17H,5-10,16H2. The van der Waals surface area contributed by atoms with Crippen LogP contribution in [0.5, 0.6) is 0 Å². The second-order valence-electron chi connectivity index (χ2n) is 5.76. The van der Waals surface area contributed by atoms with Crippen molar-refractivity contribution < 1.29 is 5.11 Å². The number of thioether (sulfide) groups is 1. The van der Waals surface area contributed by atoms with E-state index in [0.29, 0.717) is 12.5 Å². The summed E-state index contributed by atoms with van der Waals surface area (Å²) in [5.41, 5.74) is 8.70. The summed E-state index contributed by atoms with van der Waals surface area (Å²) in [6, 6.07) is 8.54. The quantitative estimate of drug-likeness (QED) is 0.875. The van der Waals surface area contributed by atoms with Gasteiger partial charge in [-0.2, -0.15) is 11.8 Å². The number of rotatable bonds is 3. The number of hydrogen-bond acceptors (Lipinski definition) is 3. The van der Waals surface area contributed by atoms with Gasteiger partial charge in [0.15, 0.2) is 0 Å². The lowest BCUT2D eigenvalue weighted by Crippen LogP contribution is -2.46. The van der Waals surface area contributed by atoms with E-state index in [2.05, 4.69) is 24.3 Å². The van der Waals surface area contributed by atoms with E-state index < -0.39 is 0 Å². The fourth-order valence-electron chi connectivity index (χ4n) is 3.50. The second-order valence-corrected chi connectivity index (χ2v) is 6.91. The predicted octanol–water partition coefficient (Wildman–Crippen LogP) is 1.84. The number of hydrogen-bond donors (Lipinski definition) is 2. The SMILES string of the molecule is NCC1(C(O)C2CCSC2)Cc2ccccc2C1. The van der Waals surface area contributed by atoms with Crippen LogP contribution in [-0.4, -0.2) is 29.3 Å². The summed E-state index contributed by atoms with van der Waals surface area (Å²) in [6.07, 6.45) is 2.79. The van der Waals surface area contributed by atoms with Crippen LogP contribution >= 0.6 is 11.8 Å². The zero-order chi connectivity index (χ0) is 12.6. The summed E-state index contributed by atoms with van der Waals surface area (Å²) in [6.45, 7) is 0.587. The molecule has 2 unspecified atom stereocenters. The molecule has 3 heteroatoms. The Morgan fingerprint density at radius 1 is 1.33 bits per heavy atom. The molecular formula is C15H21NOS. The van der Waals surface area contributed by atoms with Crippen LogP contribution in [0.3, 0.4) is 0 Å². The van der Waals surface area contributed by atoms with Crippen molar-refractivity contribution in [2.45, 2.75) is 25.4 Å². The molecule has 18 heavy (non-hydrogen) atoms. The van der Waals surface area contributed by atoms with Crippen molar-refractivity contribution in [3.8, 4) is 0 Å². The van der Waals surface area contributed by atoms with E-state index >= 15 is 0 Å². The topological polar surface area (TPSA) is 46.2 Å². The first kappa shape index (κ1) is 12.5. The molecule has 3 rings (SSSR count). The molecule has 2 nitrogen and oxygen atoms in total. The molecule has 0 saturated carbocycles. The highest BCUT2D eigenvalue weighted by Gasteiger charge is 2.45. The fourth-order valence-corrected chi connectivity index (χ4v) is 4.79. The Balaban J connectivity index is 1.84. The Hall–Kier alpha value is -0.510. The van der Waals surface area contributed by atoms with Crippen molar-refractivity contribution in [3.63, 3.8) is 0 Å². The first-order valence-corrected chi connectivity index (χ1v) is 7.93. The highest BCUT2D eigenvalue weighted by atomic mass is 32.2. The minimum atomic E-state index is -0.245. The predicted molar refractivity (Wildman–Crippen MR) is 76.8 cm³/mol. The monoisotopic (exact) mass is 263 g/mol. The van der Waals surface area contributed by atoms with Gasteiger partial charge in [-0.25, -0.2) is 0 Å². The molecule has 1 saturated heterocycles. The summed E-state index contributed by atoms with van der Waals surface area (Å²) in [7, 11) is 0. The van der Waals surface area contributed by atoms with E-state index in [0.717, 1.165) is 25.0 Å². The van der Waals surface area contributed by atoms with E-state index in [4.69, 9.17) is 5.73 Å². The Morgan fingerprint density at radius 3 is 2.50 bits per heavy atom. The molecule has 0 bridgehead atoms. The van der Waals surface area contributed by atoms with Crippen molar-refractivity contribution in [2.24, 2.45) is 17.1 Å². The third kappa shape index (κ3) is 1.98. The molecule has 0 radical (unpaired) electrons. The molecule has 2 atom stereocenters. The van der Waals surface area contributed by atoms with Crippen molar-refractivity contribution in [3.05, 3.63) is 35.4 Å². The summed E-state index contributed by atoms with van der Waals surface area (Å²) >= 11 is 1.96. The fraction of sp³-hybridized carbons (Fsp3) is 0.600. The van der Waals surface area contributed by atoms with E-state index in [1.54, 1.807) is 0 Å². The van der Waals surface area contributed by atoms with Crippen LogP contribution in [0.1, 0.15) is 17.5 Å². The highest BCUT2D eigenvalue weighted by molar-refractivity contribution is 7.99.